The molecule has 3 N–H and O–H groups in total. The van der Waals surface area contributed by atoms with Gasteiger partial charge in [-0.15, -0.1) is 0 Å². The van der Waals surface area contributed by atoms with E-state index in [1.807, 2.05) is 0 Å². The smallest absolute Gasteiger partial charge is 0.322 e. The first-order chi connectivity index (χ1) is 13.8. The van der Waals surface area contributed by atoms with Crippen LogP contribution in [0.3, 0.4) is 0 Å². The molecule has 1 saturated carbocycles. The van der Waals surface area contributed by atoms with E-state index in [-0.39, 0.29) is 25.3 Å². The summed E-state index contributed by atoms with van der Waals surface area (Å²) in [4.78, 5) is 40.9. The van der Waals surface area contributed by atoms with Gasteiger partial charge in [0.05, 0.1) is 6.61 Å². The first kappa shape index (κ1) is 20.9. The van der Waals surface area contributed by atoms with Crippen LogP contribution in [-0.4, -0.2) is 57.6 Å². The number of rotatable bonds is 9. The Labute approximate surface area is 172 Å². The quantitative estimate of drug-likeness (QED) is 0.515. The number of aromatic nitrogens is 1. The van der Waals surface area contributed by atoms with Crippen molar-refractivity contribution in [2.75, 3.05) is 19.7 Å². The van der Waals surface area contributed by atoms with E-state index in [0.717, 1.165) is 12.3 Å². The van der Waals surface area contributed by atoms with Gasteiger partial charge in [0.1, 0.15) is 22.9 Å². The lowest BCUT2D eigenvalue weighted by Crippen LogP contribution is -2.43. The molecule has 0 bridgehead atoms. The number of hydrogen-bond acceptors (Lipinski definition) is 6. The SMILES string of the molecule is O=C(O)CNC(=O)C1=C(O)CCN(Cc2cnc(OCCC3CC3)c(Cl)c2)C1=O. The predicted octanol–water partition coefficient (Wildman–Crippen LogP) is 1.66. The van der Waals surface area contributed by atoms with Gasteiger partial charge in [-0.3, -0.25) is 14.4 Å². The molecule has 29 heavy (non-hydrogen) atoms. The van der Waals surface area contributed by atoms with Crippen LogP contribution in [0.5, 0.6) is 5.88 Å². The average Bonchev–Trinajstić information content (AvgIpc) is 3.48. The van der Waals surface area contributed by atoms with E-state index in [2.05, 4.69) is 10.3 Å². The molecule has 0 aromatic carbocycles. The summed E-state index contributed by atoms with van der Waals surface area (Å²) < 4.78 is 5.60. The van der Waals surface area contributed by atoms with Crippen molar-refractivity contribution in [3.8, 4) is 5.88 Å². The Morgan fingerprint density at radius 2 is 2.14 bits per heavy atom. The molecular formula is C19H22ClN3O6. The zero-order chi connectivity index (χ0) is 21.0. The van der Waals surface area contributed by atoms with Crippen molar-refractivity contribution in [2.24, 2.45) is 5.92 Å². The fourth-order valence-electron chi connectivity index (χ4n) is 2.98. The van der Waals surface area contributed by atoms with Crippen molar-refractivity contribution in [1.82, 2.24) is 15.2 Å². The molecule has 2 aliphatic rings. The highest BCUT2D eigenvalue weighted by Crippen LogP contribution is 2.32. The van der Waals surface area contributed by atoms with Crippen LogP contribution in [0.4, 0.5) is 0 Å². The Bertz CT molecular complexity index is 852. The number of aliphatic carboxylic acids is 1. The number of pyridine rings is 1. The average molecular weight is 424 g/mol. The topological polar surface area (TPSA) is 129 Å². The molecule has 1 aromatic heterocycles. The number of aliphatic hydroxyl groups is 1. The molecule has 10 heteroatoms. The number of nitrogens with zero attached hydrogens (tertiary/aromatic N) is 2. The van der Waals surface area contributed by atoms with Crippen LogP contribution in [0.15, 0.2) is 23.6 Å². The summed E-state index contributed by atoms with van der Waals surface area (Å²) in [5.74, 6) is -2.13. The van der Waals surface area contributed by atoms with Gasteiger partial charge in [0.25, 0.3) is 11.8 Å². The largest absolute Gasteiger partial charge is 0.511 e. The normalized spacial score (nSPS) is 16.7. The number of carbonyl (C=O) groups is 3. The van der Waals surface area contributed by atoms with Crippen LogP contribution in [0.2, 0.25) is 5.02 Å². The second-order valence-electron chi connectivity index (χ2n) is 7.09. The number of nitrogens with one attached hydrogen (secondary N) is 1. The standard InChI is InChI=1S/C19H22ClN3O6/c20-13-7-12(8-22-18(13)29-6-4-11-1-2-11)10-23-5-3-14(24)16(19(23)28)17(27)21-9-15(25)26/h7-8,11,24H,1-6,9-10H2,(H,21,27)(H,25,26). The summed E-state index contributed by atoms with van der Waals surface area (Å²) in [7, 11) is 0. The molecule has 1 aliphatic heterocycles. The fraction of sp³-hybridized carbons (Fsp3) is 0.474. The summed E-state index contributed by atoms with van der Waals surface area (Å²) in [6.45, 7) is 0.249. The number of carbonyl (C=O) groups excluding carboxylic acids is 2. The lowest BCUT2D eigenvalue weighted by Gasteiger charge is -2.28. The van der Waals surface area contributed by atoms with Gasteiger partial charge < -0.3 is 25.2 Å². The van der Waals surface area contributed by atoms with E-state index in [4.69, 9.17) is 21.4 Å². The Kier molecular flexibility index (Phi) is 6.58. The van der Waals surface area contributed by atoms with E-state index < -0.39 is 29.9 Å². The minimum atomic E-state index is -1.25. The molecule has 156 valence electrons. The third-order valence-electron chi connectivity index (χ3n) is 4.73. The zero-order valence-electron chi connectivity index (χ0n) is 15.7. The monoisotopic (exact) mass is 423 g/mol. The molecule has 2 amide bonds. The maximum absolute atomic E-state index is 12.6. The summed E-state index contributed by atoms with van der Waals surface area (Å²) in [6, 6.07) is 1.65. The van der Waals surface area contributed by atoms with E-state index in [1.54, 1.807) is 12.3 Å². The van der Waals surface area contributed by atoms with Crippen molar-refractivity contribution in [3.05, 3.63) is 34.2 Å². The summed E-state index contributed by atoms with van der Waals surface area (Å²) >= 11 is 6.23. The molecule has 1 fully saturated rings. The van der Waals surface area contributed by atoms with Crippen LogP contribution in [0.25, 0.3) is 0 Å². The molecule has 0 atom stereocenters. The van der Waals surface area contributed by atoms with Gasteiger partial charge in [0.2, 0.25) is 5.88 Å². The maximum atomic E-state index is 12.6. The van der Waals surface area contributed by atoms with E-state index in [9.17, 15) is 19.5 Å². The van der Waals surface area contributed by atoms with Crippen LogP contribution in [0.1, 0.15) is 31.2 Å². The van der Waals surface area contributed by atoms with Crippen LogP contribution in [-0.2, 0) is 20.9 Å². The number of amides is 2. The first-order valence-corrected chi connectivity index (χ1v) is 9.71. The second kappa shape index (κ2) is 9.13. The molecule has 0 spiro atoms. The van der Waals surface area contributed by atoms with Gasteiger partial charge in [0, 0.05) is 25.7 Å². The predicted molar refractivity (Wildman–Crippen MR) is 102 cm³/mol. The minimum Gasteiger partial charge on any atom is -0.511 e. The van der Waals surface area contributed by atoms with Crippen molar-refractivity contribution in [1.29, 1.82) is 0 Å². The lowest BCUT2D eigenvalue weighted by molar-refractivity contribution is -0.138. The number of halogens is 1. The van der Waals surface area contributed by atoms with E-state index in [0.29, 0.717) is 23.1 Å². The Morgan fingerprint density at radius 3 is 2.79 bits per heavy atom. The number of ether oxygens (including phenoxy) is 1. The molecule has 2 heterocycles. The van der Waals surface area contributed by atoms with Crippen molar-refractivity contribution in [3.63, 3.8) is 0 Å². The molecule has 3 rings (SSSR count). The maximum Gasteiger partial charge on any atom is 0.322 e. The molecule has 0 unspecified atom stereocenters. The first-order valence-electron chi connectivity index (χ1n) is 9.33. The second-order valence-corrected chi connectivity index (χ2v) is 7.49. The van der Waals surface area contributed by atoms with Gasteiger partial charge in [-0.1, -0.05) is 24.4 Å². The Morgan fingerprint density at radius 1 is 1.38 bits per heavy atom. The fourth-order valence-corrected chi connectivity index (χ4v) is 3.22. The summed E-state index contributed by atoms with van der Waals surface area (Å²) in [5.41, 5.74) is 0.196. The van der Waals surface area contributed by atoms with Crippen molar-refractivity contribution < 1.29 is 29.3 Å². The number of carboxylic acid groups (broad SMARTS) is 1. The van der Waals surface area contributed by atoms with Gasteiger partial charge in [-0.05, 0) is 24.0 Å². The molecule has 1 aromatic rings. The van der Waals surface area contributed by atoms with Crippen molar-refractivity contribution in [2.45, 2.75) is 32.2 Å². The van der Waals surface area contributed by atoms with Gasteiger partial charge in [0.15, 0.2) is 0 Å². The highest BCUT2D eigenvalue weighted by molar-refractivity contribution is 6.31. The van der Waals surface area contributed by atoms with E-state index >= 15 is 0 Å². The number of carboxylic acids is 1. The van der Waals surface area contributed by atoms with Crippen molar-refractivity contribution >= 4 is 29.4 Å². The molecule has 9 nitrogen and oxygen atoms in total. The molecular weight excluding hydrogens is 402 g/mol. The Hall–Kier alpha value is -2.81. The highest BCUT2D eigenvalue weighted by Gasteiger charge is 2.32. The minimum absolute atomic E-state index is 0.0884. The van der Waals surface area contributed by atoms with Gasteiger partial charge in [-0.2, -0.15) is 0 Å². The molecule has 0 saturated heterocycles. The number of aliphatic hydroxyl groups excluding tert-OH is 1. The van der Waals surface area contributed by atoms with E-state index in [1.165, 1.54) is 17.7 Å². The zero-order valence-corrected chi connectivity index (χ0v) is 16.4. The third kappa shape index (κ3) is 5.60. The molecule has 0 radical (unpaired) electrons. The van der Waals surface area contributed by atoms with Crippen LogP contribution < -0.4 is 10.1 Å². The summed E-state index contributed by atoms with van der Waals surface area (Å²) in [5, 5.41) is 21.0. The lowest BCUT2D eigenvalue weighted by atomic mass is 10.1. The summed E-state index contributed by atoms with van der Waals surface area (Å²) in [6.07, 6.45) is 5.10. The third-order valence-corrected chi connectivity index (χ3v) is 5.01. The molecule has 1 aliphatic carbocycles. The number of hydrogen-bond donors (Lipinski definition) is 3. The van der Waals surface area contributed by atoms with Gasteiger partial charge in [-0.25, -0.2) is 4.98 Å². The highest BCUT2D eigenvalue weighted by atomic mass is 35.5. The Balaban J connectivity index is 1.62. The van der Waals surface area contributed by atoms with Crippen LogP contribution >= 0.6 is 11.6 Å². The van der Waals surface area contributed by atoms with Crippen LogP contribution in [0, 0.1) is 5.92 Å². The van der Waals surface area contributed by atoms with Gasteiger partial charge >= 0.3 is 5.97 Å².